The monoisotopic (exact) mass is 620 g/mol. The molecule has 1 fully saturated rings. The highest BCUT2D eigenvalue weighted by molar-refractivity contribution is 9.10. The molecule has 0 radical (unpaired) electrons. The third kappa shape index (κ3) is 6.03. The van der Waals surface area contributed by atoms with Crippen molar-refractivity contribution in [3.8, 4) is 11.5 Å². The van der Waals surface area contributed by atoms with Crippen LogP contribution in [0.15, 0.2) is 88.2 Å². The van der Waals surface area contributed by atoms with Gasteiger partial charge < -0.3 is 14.8 Å². The van der Waals surface area contributed by atoms with Crippen LogP contribution >= 0.6 is 27.7 Å². The largest absolute Gasteiger partial charge is 0.493 e. The lowest BCUT2D eigenvalue weighted by atomic mass is 10.1. The maximum atomic E-state index is 13.1. The minimum atomic E-state index is -0.587. The Hall–Kier alpha value is -4.15. The van der Waals surface area contributed by atoms with Gasteiger partial charge in [-0.3, -0.25) is 19.3 Å². The first-order valence-corrected chi connectivity index (χ1v) is 13.7. The lowest BCUT2D eigenvalue weighted by molar-refractivity contribution is -0.127. The van der Waals surface area contributed by atoms with Gasteiger partial charge in [0.15, 0.2) is 11.5 Å². The Morgan fingerprint density at radius 1 is 1.05 bits per heavy atom. The van der Waals surface area contributed by atoms with E-state index < -0.39 is 29.4 Å². The lowest BCUT2D eigenvalue weighted by Gasteiger charge is -2.15. The molecule has 3 amide bonds. The zero-order valence-corrected chi connectivity index (χ0v) is 23.6. The first kappa shape index (κ1) is 27.4. The second-order valence-corrected chi connectivity index (χ2v) is 10.6. The third-order valence-electron chi connectivity index (χ3n) is 6.10. The van der Waals surface area contributed by atoms with Crippen molar-refractivity contribution in [2.45, 2.75) is 6.61 Å². The van der Waals surface area contributed by atoms with Crippen LogP contribution in [0.25, 0.3) is 16.8 Å². The van der Waals surface area contributed by atoms with Crippen LogP contribution in [0.4, 0.5) is 14.9 Å². The van der Waals surface area contributed by atoms with E-state index in [4.69, 9.17) is 9.47 Å². The van der Waals surface area contributed by atoms with Crippen LogP contribution in [0.3, 0.4) is 0 Å². The van der Waals surface area contributed by atoms with Gasteiger partial charge in [-0.15, -0.1) is 0 Å². The minimum absolute atomic E-state index is 0.165. The third-order valence-corrected chi connectivity index (χ3v) is 7.60. The predicted octanol–water partition coefficient (Wildman–Crippen LogP) is 7.00. The molecular formula is C30H22BrFN2O5S. The van der Waals surface area contributed by atoms with Crippen molar-refractivity contribution in [3.05, 3.63) is 105 Å². The number of rotatable bonds is 8. The van der Waals surface area contributed by atoms with E-state index in [-0.39, 0.29) is 4.91 Å². The molecule has 0 spiro atoms. The van der Waals surface area contributed by atoms with Gasteiger partial charge in [0.2, 0.25) is 5.91 Å². The van der Waals surface area contributed by atoms with Crippen molar-refractivity contribution in [1.29, 1.82) is 0 Å². The number of carbonyl (C=O) groups is 3. The summed E-state index contributed by atoms with van der Waals surface area (Å²) in [7, 11) is 1.52. The molecule has 1 saturated heterocycles. The quantitative estimate of drug-likeness (QED) is 0.213. The van der Waals surface area contributed by atoms with Crippen molar-refractivity contribution < 1.29 is 28.2 Å². The number of imide groups is 1. The van der Waals surface area contributed by atoms with Crippen molar-refractivity contribution in [1.82, 2.24) is 4.90 Å². The van der Waals surface area contributed by atoms with E-state index in [9.17, 15) is 18.8 Å². The second kappa shape index (κ2) is 11.9. The van der Waals surface area contributed by atoms with Crippen LogP contribution in [-0.2, 0) is 16.2 Å². The number of hydrogen-bond donors (Lipinski definition) is 1. The van der Waals surface area contributed by atoms with Gasteiger partial charge in [-0.1, -0.05) is 42.5 Å². The summed E-state index contributed by atoms with van der Waals surface area (Å²) < 4.78 is 25.4. The van der Waals surface area contributed by atoms with Gasteiger partial charge in [0.25, 0.3) is 11.1 Å². The summed E-state index contributed by atoms with van der Waals surface area (Å²) in [6.07, 6.45) is 1.56. The molecule has 4 aromatic carbocycles. The van der Waals surface area contributed by atoms with Crippen LogP contribution in [0, 0.1) is 5.82 Å². The molecule has 40 heavy (non-hydrogen) atoms. The predicted molar refractivity (Wildman–Crippen MR) is 157 cm³/mol. The Morgan fingerprint density at radius 2 is 1.80 bits per heavy atom. The number of carbonyl (C=O) groups excluding carboxylic acids is 3. The molecule has 0 aliphatic carbocycles. The zero-order chi connectivity index (χ0) is 28.2. The molecule has 1 aliphatic heterocycles. The summed E-state index contributed by atoms with van der Waals surface area (Å²) in [6, 6.07) is 22.7. The molecule has 1 aliphatic rings. The number of nitrogens with zero attached hydrogens (tertiary/aromatic N) is 1. The van der Waals surface area contributed by atoms with Crippen molar-refractivity contribution in [2.75, 3.05) is 19.0 Å². The number of anilines is 1. The highest BCUT2D eigenvalue weighted by Gasteiger charge is 2.36. The summed E-state index contributed by atoms with van der Waals surface area (Å²) in [6.45, 7) is -0.151. The van der Waals surface area contributed by atoms with Gasteiger partial charge in [-0.25, -0.2) is 4.39 Å². The molecule has 202 valence electrons. The van der Waals surface area contributed by atoms with Crippen LogP contribution < -0.4 is 14.8 Å². The first-order valence-electron chi connectivity index (χ1n) is 12.1. The highest BCUT2D eigenvalue weighted by atomic mass is 79.9. The van der Waals surface area contributed by atoms with Gasteiger partial charge >= 0.3 is 0 Å². The Balaban J connectivity index is 1.30. The number of ether oxygens (including phenoxy) is 2. The number of halogens is 2. The van der Waals surface area contributed by atoms with E-state index in [0.717, 1.165) is 33.0 Å². The fourth-order valence-electron chi connectivity index (χ4n) is 4.20. The van der Waals surface area contributed by atoms with E-state index in [2.05, 4.69) is 21.2 Å². The molecule has 1 heterocycles. The van der Waals surface area contributed by atoms with E-state index >= 15 is 0 Å². The van der Waals surface area contributed by atoms with E-state index in [1.54, 1.807) is 18.2 Å². The SMILES string of the molecule is COc1cc(/C=C2\SC(=O)N(CC(=O)Nc3ccc(F)cc3)C2=O)cc(Br)c1OCc1cccc2ccccc12. The van der Waals surface area contributed by atoms with Gasteiger partial charge in [0, 0.05) is 5.69 Å². The number of nitrogens with one attached hydrogen (secondary N) is 1. The smallest absolute Gasteiger partial charge is 0.294 e. The molecule has 0 atom stereocenters. The Labute approximate surface area is 242 Å². The number of amides is 3. The van der Waals surface area contributed by atoms with Gasteiger partial charge in [-0.05, 0) is 92.1 Å². The zero-order valence-electron chi connectivity index (χ0n) is 21.1. The first-order chi connectivity index (χ1) is 19.3. The molecule has 5 rings (SSSR count). The molecular weight excluding hydrogens is 599 g/mol. The standard InChI is InChI=1S/C30H22BrFN2O5S/c1-38-25-14-18(13-24(31)28(25)39-17-20-7-4-6-19-5-2-3-8-23(19)20)15-26-29(36)34(30(37)40-26)16-27(35)33-22-11-9-21(32)10-12-22/h2-15H,16-17H2,1H3,(H,33,35)/b26-15-. The number of thioether (sulfide) groups is 1. The number of benzene rings is 4. The summed E-state index contributed by atoms with van der Waals surface area (Å²) in [4.78, 5) is 38.9. The Kier molecular flexibility index (Phi) is 8.18. The lowest BCUT2D eigenvalue weighted by Crippen LogP contribution is -2.36. The Morgan fingerprint density at radius 3 is 2.58 bits per heavy atom. The number of methoxy groups -OCH3 is 1. The molecule has 4 aromatic rings. The molecule has 10 heteroatoms. The van der Waals surface area contributed by atoms with E-state index in [1.807, 2.05) is 42.5 Å². The molecule has 0 aromatic heterocycles. The fourth-order valence-corrected chi connectivity index (χ4v) is 5.61. The minimum Gasteiger partial charge on any atom is -0.493 e. The molecule has 0 bridgehead atoms. The van der Waals surface area contributed by atoms with Crippen LogP contribution in [0.2, 0.25) is 0 Å². The maximum Gasteiger partial charge on any atom is 0.294 e. The van der Waals surface area contributed by atoms with Crippen molar-refractivity contribution >= 4 is 67.3 Å². The van der Waals surface area contributed by atoms with E-state index in [0.29, 0.717) is 33.8 Å². The fraction of sp³-hybridized carbons (Fsp3) is 0.100. The summed E-state index contributed by atoms with van der Waals surface area (Å²) in [5.74, 6) is -0.665. The highest BCUT2D eigenvalue weighted by Crippen LogP contribution is 2.39. The van der Waals surface area contributed by atoms with Gasteiger partial charge in [0.05, 0.1) is 16.5 Å². The number of fused-ring (bicyclic) bond motifs is 1. The number of hydrogen-bond acceptors (Lipinski definition) is 6. The normalized spacial score (nSPS) is 14.2. The maximum absolute atomic E-state index is 13.1. The van der Waals surface area contributed by atoms with Crippen molar-refractivity contribution in [3.63, 3.8) is 0 Å². The molecule has 1 N–H and O–H groups in total. The summed E-state index contributed by atoms with van der Waals surface area (Å²) in [5.41, 5.74) is 1.98. The average Bonchev–Trinajstić information content (AvgIpc) is 3.20. The van der Waals surface area contributed by atoms with Crippen LogP contribution in [0.5, 0.6) is 11.5 Å². The molecule has 0 unspecified atom stereocenters. The van der Waals surface area contributed by atoms with Gasteiger partial charge in [0.1, 0.15) is 19.0 Å². The summed E-state index contributed by atoms with van der Waals surface area (Å²) in [5, 5.41) is 4.20. The van der Waals surface area contributed by atoms with E-state index in [1.165, 1.54) is 31.4 Å². The molecule has 0 saturated carbocycles. The second-order valence-electron chi connectivity index (χ2n) is 8.78. The molecule has 7 nitrogen and oxygen atoms in total. The Bertz CT molecular complexity index is 1650. The average molecular weight is 621 g/mol. The van der Waals surface area contributed by atoms with Crippen LogP contribution in [0.1, 0.15) is 11.1 Å². The van der Waals surface area contributed by atoms with Gasteiger partial charge in [-0.2, -0.15) is 0 Å². The summed E-state index contributed by atoms with van der Waals surface area (Å²) >= 11 is 4.28. The van der Waals surface area contributed by atoms with Crippen molar-refractivity contribution in [2.24, 2.45) is 0 Å². The topological polar surface area (TPSA) is 84.9 Å². The van der Waals surface area contributed by atoms with Crippen LogP contribution in [-0.4, -0.2) is 35.6 Å².